The number of carbonyl (C=O) groups excluding carboxylic acids is 1. The van der Waals surface area contributed by atoms with E-state index in [1.807, 2.05) is 49.0 Å². The Bertz CT molecular complexity index is 1230. The summed E-state index contributed by atoms with van der Waals surface area (Å²) in [4.78, 5) is 11.8. The molecule has 1 saturated carbocycles. The van der Waals surface area contributed by atoms with Gasteiger partial charge in [-0.1, -0.05) is 71.9 Å². The van der Waals surface area contributed by atoms with E-state index >= 15 is 0 Å². The average Bonchev–Trinajstić information content (AvgIpc) is 3.64. The van der Waals surface area contributed by atoms with Gasteiger partial charge in [0.05, 0.1) is 11.6 Å². The average molecular weight is 456 g/mol. The van der Waals surface area contributed by atoms with Gasteiger partial charge in [-0.2, -0.15) is 11.8 Å². The number of aryl methyl sites for hydroxylation is 1. The van der Waals surface area contributed by atoms with Crippen LogP contribution >= 0.6 is 11.8 Å². The highest BCUT2D eigenvalue weighted by Gasteiger charge is 2.31. The number of nitrogens with zero attached hydrogens (tertiary/aromatic N) is 1. The second-order valence-electron chi connectivity index (χ2n) is 8.35. The van der Waals surface area contributed by atoms with Crippen molar-refractivity contribution in [2.75, 3.05) is 0 Å². The molecule has 0 spiro atoms. The smallest absolute Gasteiger partial charge is 0.314 e. The molecule has 0 N–H and O–H groups in total. The van der Waals surface area contributed by atoms with Crippen LogP contribution in [0.1, 0.15) is 29.7 Å². The Morgan fingerprint density at radius 3 is 2.21 bits per heavy atom. The number of aromatic nitrogens is 1. The van der Waals surface area contributed by atoms with Crippen LogP contribution in [0.4, 0.5) is 0 Å². The van der Waals surface area contributed by atoms with Gasteiger partial charge in [0.1, 0.15) is 5.75 Å². The lowest BCUT2D eigenvalue weighted by molar-refractivity contribution is -0.135. The maximum absolute atomic E-state index is 11.8. The summed E-state index contributed by atoms with van der Waals surface area (Å²) >= 11 is 1.86. The first-order valence-corrected chi connectivity index (χ1v) is 12.3. The second-order valence-corrected chi connectivity index (χ2v) is 9.34. The number of rotatable bonds is 8. The highest BCUT2D eigenvalue weighted by Crippen LogP contribution is 2.33. The zero-order valence-corrected chi connectivity index (χ0v) is 19.3. The number of esters is 1. The fourth-order valence-electron chi connectivity index (χ4n) is 3.68. The van der Waals surface area contributed by atoms with Crippen molar-refractivity contribution in [3.8, 4) is 28.2 Å². The Morgan fingerprint density at radius 1 is 0.909 bits per heavy atom. The van der Waals surface area contributed by atoms with Crippen LogP contribution in [0.25, 0.3) is 22.5 Å². The summed E-state index contributed by atoms with van der Waals surface area (Å²) in [5.74, 6) is 3.22. The van der Waals surface area contributed by atoms with Gasteiger partial charge in [-0.3, -0.25) is 4.79 Å². The molecule has 3 aromatic carbocycles. The van der Waals surface area contributed by atoms with Crippen LogP contribution in [0, 0.1) is 12.8 Å². The Morgan fingerprint density at radius 2 is 1.55 bits per heavy atom. The summed E-state index contributed by atoms with van der Waals surface area (Å²) in [5, 5.41) is 4.22. The maximum Gasteiger partial charge on any atom is 0.314 e. The van der Waals surface area contributed by atoms with Crippen molar-refractivity contribution in [1.82, 2.24) is 5.16 Å². The molecule has 0 atom stereocenters. The van der Waals surface area contributed by atoms with E-state index in [2.05, 4.69) is 53.7 Å². The molecule has 0 aliphatic heterocycles. The second kappa shape index (κ2) is 9.67. The molecule has 4 aromatic rings. The van der Waals surface area contributed by atoms with Crippen molar-refractivity contribution in [3.63, 3.8) is 0 Å². The van der Waals surface area contributed by atoms with Gasteiger partial charge >= 0.3 is 5.97 Å². The molecule has 1 aliphatic rings. The molecular weight excluding hydrogens is 430 g/mol. The van der Waals surface area contributed by atoms with Gasteiger partial charge in [0.25, 0.3) is 0 Å². The maximum atomic E-state index is 11.8. The van der Waals surface area contributed by atoms with E-state index in [9.17, 15) is 4.79 Å². The van der Waals surface area contributed by atoms with Crippen LogP contribution in [0.5, 0.6) is 5.75 Å². The van der Waals surface area contributed by atoms with Gasteiger partial charge in [0.2, 0.25) is 0 Å². The van der Waals surface area contributed by atoms with Crippen molar-refractivity contribution in [2.45, 2.75) is 31.3 Å². The Kier molecular flexibility index (Phi) is 6.31. The molecule has 0 amide bonds. The lowest BCUT2D eigenvalue weighted by atomic mass is 10.0. The van der Waals surface area contributed by atoms with Gasteiger partial charge < -0.3 is 9.26 Å². The van der Waals surface area contributed by atoms with Crippen molar-refractivity contribution in [3.05, 3.63) is 95.7 Å². The molecule has 33 heavy (non-hydrogen) atoms. The molecule has 4 nitrogen and oxygen atoms in total. The van der Waals surface area contributed by atoms with Gasteiger partial charge in [-0.15, -0.1) is 0 Å². The van der Waals surface area contributed by atoms with Crippen LogP contribution in [0.3, 0.4) is 0 Å². The molecule has 1 aliphatic carbocycles. The summed E-state index contributed by atoms with van der Waals surface area (Å²) in [6.07, 6.45) is 1.89. The van der Waals surface area contributed by atoms with Crippen molar-refractivity contribution < 1.29 is 14.1 Å². The van der Waals surface area contributed by atoms with Crippen LogP contribution in [-0.4, -0.2) is 11.1 Å². The number of carbonyl (C=O) groups is 1. The van der Waals surface area contributed by atoms with E-state index in [0.29, 0.717) is 5.75 Å². The Balaban J connectivity index is 1.26. The molecule has 5 heteroatoms. The van der Waals surface area contributed by atoms with Crippen LogP contribution < -0.4 is 4.74 Å². The number of hydrogen-bond acceptors (Lipinski definition) is 5. The molecule has 0 radical (unpaired) electrons. The number of hydrogen-bond donors (Lipinski definition) is 0. The first kappa shape index (κ1) is 21.5. The van der Waals surface area contributed by atoms with Gasteiger partial charge in [-0.05, 0) is 48.6 Å². The molecule has 0 bridgehead atoms. The van der Waals surface area contributed by atoms with Crippen LogP contribution in [0.15, 0.2) is 83.4 Å². The highest BCUT2D eigenvalue weighted by atomic mass is 32.2. The normalized spacial score (nSPS) is 13.1. The van der Waals surface area contributed by atoms with E-state index < -0.39 is 0 Å². The summed E-state index contributed by atoms with van der Waals surface area (Å²) < 4.78 is 11.1. The van der Waals surface area contributed by atoms with E-state index in [1.165, 1.54) is 5.56 Å². The molecule has 0 unspecified atom stereocenters. The molecule has 5 rings (SSSR count). The topological polar surface area (TPSA) is 52.3 Å². The van der Waals surface area contributed by atoms with E-state index in [0.717, 1.165) is 58.1 Å². The quantitative estimate of drug-likeness (QED) is 0.210. The standard InChI is InChI=1S/C28H25NO3S/c1-19-26(18-33-17-20-5-3-2-4-6-20)27(32-29-19)23-9-7-21(8-10-23)22-13-15-25(16-14-22)31-28(30)24-11-12-24/h2-10,13-16,24H,11-12,17-18H2,1H3. The SMILES string of the molecule is Cc1noc(-c2ccc(-c3ccc(OC(=O)C4CC4)cc3)cc2)c1CSCc1ccccc1. The molecule has 166 valence electrons. The minimum Gasteiger partial charge on any atom is -0.426 e. The third kappa shape index (κ3) is 5.20. The van der Waals surface area contributed by atoms with E-state index in [1.54, 1.807) is 0 Å². The summed E-state index contributed by atoms with van der Waals surface area (Å²) in [5.41, 5.74) is 6.58. The zero-order chi connectivity index (χ0) is 22.6. The molecule has 1 aromatic heterocycles. The number of benzene rings is 3. The molecule has 0 saturated heterocycles. The lowest BCUT2D eigenvalue weighted by Gasteiger charge is -2.07. The zero-order valence-electron chi connectivity index (χ0n) is 18.5. The Hall–Kier alpha value is -3.31. The largest absolute Gasteiger partial charge is 0.426 e. The van der Waals surface area contributed by atoms with Crippen LogP contribution in [-0.2, 0) is 16.3 Å². The first-order valence-electron chi connectivity index (χ1n) is 11.2. The van der Waals surface area contributed by atoms with Crippen molar-refractivity contribution in [2.24, 2.45) is 5.92 Å². The fourth-order valence-corrected chi connectivity index (χ4v) is 4.75. The summed E-state index contributed by atoms with van der Waals surface area (Å²) in [6, 6.07) is 26.5. The summed E-state index contributed by atoms with van der Waals surface area (Å²) in [7, 11) is 0. The van der Waals surface area contributed by atoms with Gasteiger partial charge in [0, 0.05) is 22.6 Å². The van der Waals surface area contributed by atoms with Gasteiger partial charge in [-0.25, -0.2) is 0 Å². The van der Waals surface area contributed by atoms with E-state index in [-0.39, 0.29) is 11.9 Å². The minimum atomic E-state index is -0.118. The third-order valence-electron chi connectivity index (χ3n) is 5.81. The van der Waals surface area contributed by atoms with Crippen LogP contribution in [0.2, 0.25) is 0 Å². The molecule has 1 heterocycles. The molecule has 1 fully saturated rings. The monoisotopic (exact) mass is 455 g/mol. The minimum absolute atomic E-state index is 0.0959. The van der Waals surface area contributed by atoms with Crippen molar-refractivity contribution >= 4 is 17.7 Å². The number of thioether (sulfide) groups is 1. The summed E-state index contributed by atoms with van der Waals surface area (Å²) in [6.45, 7) is 2.00. The van der Waals surface area contributed by atoms with E-state index in [4.69, 9.17) is 9.26 Å². The highest BCUT2D eigenvalue weighted by molar-refractivity contribution is 7.97. The predicted octanol–water partition coefficient (Wildman–Crippen LogP) is 7.07. The first-order chi connectivity index (χ1) is 16.2. The lowest BCUT2D eigenvalue weighted by Crippen LogP contribution is -2.09. The van der Waals surface area contributed by atoms with Gasteiger partial charge in [0.15, 0.2) is 5.76 Å². The molecular formula is C28H25NO3S. The predicted molar refractivity (Wildman–Crippen MR) is 132 cm³/mol. The Labute approximate surface area is 198 Å². The van der Waals surface area contributed by atoms with Crippen molar-refractivity contribution in [1.29, 1.82) is 0 Å². The number of ether oxygens (including phenoxy) is 1. The fraction of sp³-hybridized carbons (Fsp3) is 0.214. The third-order valence-corrected chi connectivity index (χ3v) is 6.84.